The van der Waals surface area contributed by atoms with Gasteiger partial charge in [-0.2, -0.15) is 0 Å². The molecule has 0 aromatic heterocycles. The van der Waals surface area contributed by atoms with Gasteiger partial charge < -0.3 is 20.1 Å². The Labute approximate surface area is 154 Å². The van der Waals surface area contributed by atoms with Gasteiger partial charge in [-0.1, -0.05) is 6.07 Å². The third-order valence-corrected chi connectivity index (χ3v) is 3.85. The summed E-state index contributed by atoms with van der Waals surface area (Å²) in [5.41, 5.74) is 0.417. The molecule has 0 radical (unpaired) electrons. The highest BCUT2D eigenvalue weighted by Crippen LogP contribution is 2.20. The fraction of sp³-hybridized carbons (Fsp3) is 0.353. The summed E-state index contributed by atoms with van der Waals surface area (Å²) in [5.74, 6) is -1.47. The molecular formula is C17H19N3O7. The van der Waals surface area contributed by atoms with Crippen LogP contribution in [0.15, 0.2) is 29.5 Å². The zero-order valence-electron chi connectivity index (χ0n) is 15.0. The van der Waals surface area contributed by atoms with Crippen LogP contribution in [0.4, 0.5) is 10.5 Å². The molecule has 144 valence electrons. The lowest BCUT2D eigenvalue weighted by Gasteiger charge is -2.26. The maximum atomic E-state index is 12.2. The number of benzene rings is 1. The van der Waals surface area contributed by atoms with E-state index in [1.165, 1.54) is 12.1 Å². The van der Waals surface area contributed by atoms with Crippen molar-refractivity contribution in [2.75, 3.05) is 13.2 Å². The molecule has 27 heavy (non-hydrogen) atoms. The van der Waals surface area contributed by atoms with Gasteiger partial charge in [-0.3, -0.25) is 10.1 Å². The summed E-state index contributed by atoms with van der Waals surface area (Å²) in [6.45, 7) is 4.53. The second kappa shape index (κ2) is 8.30. The molecule has 10 nitrogen and oxygen atoms in total. The van der Waals surface area contributed by atoms with E-state index in [4.69, 9.17) is 9.47 Å². The summed E-state index contributed by atoms with van der Waals surface area (Å²) >= 11 is 0. The molecule has 1 aliphatic heterocycles. The lowest BCUT2D eigenvalue weighted by molar-refractivity contribution is -0.385. The van der Waals surface area contributed by atoms with Crippen molar-refractivity contribution in [3.63, 3.8) is 0 Å². The number of nitro groups is 1. The Hall–Kier alpha value is -3.43. The molecule has 1 atom stereocenters. The number of nitro benzene ring substituents is 1. The summed E-state index contributed by atoms with van der Waals surface area (Å²) in [7, 11) is 0. The van der Waals surface area contributed by atoms with E-state index in [2.05, 4.69) is 10.6 Å². The number of nitrogens with one attached hydrogen (secondary N) is 2. The summed E-state index contributed by atoms with van der Waals surface area (Å²) < 4.78 is 10.1. The predicted molar refractivity (Wildman–Crippen MR) is 92.9 cm³/mol. The highest BCUT2D eigenvalue weighted by atomic mass is 16.6. The van der Waals surface area contributed by atoms with Crippen molar-refractivity contribution in [3.8, 4) is 0 Å². The number of nitrogens with zero attached hydrogens (tertiary/aromatic N) is 1. The molecule has 1 aliphatic rings. The van der Waals surface area contributed by atoms with Crippen molar-refractivity contribution >= 4 is 23.7 Å². The fourth-order valence-corrected chi connectivity index (χ4v) is 2.55. The number of ether oxygens (including phenoxy) is 2. The maximum Gasteiger partial charge on any atom is 0.338 e. The normalized spacial score (nSPS) is 16.3. The molecule has 2 rings (SSSR count). The molecule has 2 amide bonds. The first-order valence-corrected chi connectivity index (χ1v) is 8.14. The Morgan fingerprint density at radius 3 is 2.59 bits per heavy atom. The zero-order chi connectivity index (χ0) is 20.1. The maximum absolute atomic E-state index is 12.2. The van der Waals surface area contributed by atoms with Crippen molar-refractivity contribution in [2.45, 2.75) is 26.8 Å². The van der Waals surface area contributed by atoms with Crippen LogP contribution >= 0.6 is 0 Å². The SMILES string of the molecule is CCOC(=O)C1=C(COC(=O)c2ccc(C)c([N+](=O)[O-])c2)NC(=O)NC1C. The molecule has 1 unspecified atom stereocenters. The zero-order valence-corrected chi connectivity index (χ0v) is 15.0. The number of amides is 2. The Balaban J connectivity index is 2.21. The van der Waals surface area contributed by atoms with Gasteiger partial charge in [0.1, 0.15) is 6.61 Å². The molecule has 1 aromatic rings. The van der Waals surface area contributed by atoms with Crippen LogP contribution in [0.25, 0.3) is 0 Å². The number of aryl methyl sites for hydroxylation is 1. The molecule has 10 heteroatoms. The standard InChI is InChI=1S/C17H19N3O7/c1-4-26-16(22)14-10(3)18-17(23)19-12(14)8-27-15(21)11-6-5-9(2)13(7-11)20(24)25/h5-7,10H,4,8H2,1-3H3,(H2,18,19,23). The summed E-state index contributed by atoms with van der Waals surface area (Å²) in [5, 5.41) is 15.9. The van der Waals surface area contributed by atoms with Gasteiger partial charge in [0, 0.05) is 11.6 Å². The molecule has 0 fully saturated rings. The minimum absolute atomic E-state index is 0.0149. The number of carbonyl (C=O) groups excluding carboxylic acids is 3. The van der Waals surface area contributed by atoms with Gasteiger partial charge in [-0.05, 0) is 26.8 Å². The predicted octanol–water partition coefficient (Wildman–Crippen LogP) is 1.58. The lowest BCUT2D eigenvalue weighted by Crippen LogP contribution is -2.50. The van der Waals surface area contributed by atoms with Gasteiger partial charge in [0.2, 0.25) is 0 Å². The molecular weight excluding hydrogens is 358 g/mol. The number of urea groups is 1. The Bertz CT molecular complexity index is 832. The quantitative estimate of drug-likeness (QED) is 0.436. The van der Waals surface area contributed by atoms with Crippen molar-refractivity contribution in [1.29, 1.82) is 0 Å². The van der Waals surface area contributed by atoms with E-state index in [1.54, 1.807) is 20.8 Å². The number of hydrogen-bond acceptors (Lipinski definition) is 7. The third-order valence-electron chi connectivity index (χ3n) is 3.85. The van der Waals surface area contributed by atoms with Crippen LogP contribution in [0.1, 0.15) is 29.8 Å². The van der Waals surface area contributed by atoms with Crippen LogP contribution in [-0.4, -0.2) is 42.1 Å². The molecule has 1 aromatic carbocycles. The number of esters is 2. The second-order valence-corrected chi connectivity index (χ2v) is 5.77. The van der Waals surface area contributed by atoms with Gasteiger partial charge in [0.05, 0.1) is 34.4 Å². The van der Waals surface area contributed by atoms with Crippen molar-refractivity contribution in [1.82, 2.24) is 10.6 Å². The molecule has 2 N–H and O–H groups in total. The van der Waals surface area contributed by atoms with Crippen LogP contribution in [0.5, 0.6) is 0 Å². The molecule has 0 spiro atoms. The van der Waals surface area contributed by atoms with E-state index in [0.29, 0.717) is 5.56 Å². The van der Waals surface area contributed by atoms with Gasteiger partial charge in [-0.15, -0.1) is 0 Å². The highest BCUT2D eigenvalue weighted by molar-refractivity contribution is 5.95. The van der Waals surface area contributed by atoms with Crippen LogP contribution in [0, 0.1) is 17.0 Å². The first kappa shape index (κ1) is 19.9. The molecule has 0 aliphatic carbocycles. The average molecular weight is 377 g/mol. The largest absolute Gasteiger partial charge is 0.463 e. The van der Waals surface area contributed by atoms with Crippen LogP contribution in [0.3, 0.4) is 0 Å². The van der Waals surface area contributed by atoms with Crippen molar-refractivity contribution in [3.05, 3.63) is 50.7 Å². The third kappa shape index (κ3) is 4.60. The first-order chi connectivity index (χ1) is 12.7. The Morgan fingerprint density at radius 1 is 1.26 bits per heavy atom. The minimum Gasteiger partial charge on any atom is -0.463 e. The second-order valence-electron chi connectivity index (χ2n) is 5.77. The van der Waals surface area contributed by atoms with E-state index in [-0.39, 0.29) is 29.1 Å². The minimum atomic E-state index is -0.825. The van der Waals surface area contributed by atoms with Crippen molar-refractivity contribution < 1.29 is 28.8 Å². The summed E-state index contributed by atoms with van der Waals surface area (Å²) in [6.07, 6.45) is 0. The molecule has 0 saturated carbocycles. The highest BCUT2D eigenvalue weighted by Gasteiger charge is 2.30. The van der Waals surface area contributed by atoms with Gasteiger partial charge in [0.15, 0.2) is 0 Å². The van der Waals surface area contributed by atoms with Gasteiger partial charge in [-0.25, -0.2) is 14.4 Å². The van der Waals surface area contributed by atoms with Crippen molar-refractivity contribution in [2.24, 2.45) is 0 Å². The monoisotopic (exact) mass is 377 g/mol. The number of hydrogen-bond donors (Lipinski definition) is 2. The smallest absolute Gasteiger partial charge is 0.338 e. The number of rotatable bonds is 6. The van der Waals surface area contributed by atoms with Crippen LogP contribution in [0.2, 0.25) is 0 Å². The molecule has 0 saturated heterocycles. The van der Waals surface area contributed by atoms with E-state index in [0.717, 1.165) is 6.07 Å². The van der Waals surface area contributed by atoms with Crippen LogP contribution in [-0.2, 0) is 14.3 Å². The van der Waals surface area contributed by atoms with E-state index in [9.17, 15) is 24.5 Å². The Kier molecular flexibility index (Phi) is 6.11. The number of carbonyl (C=O) groups is 3. The van der Waals surface area contributed by atoms with E-state index in [1.807, 2.05) is 0 Å². The Morgan fingerprint density at radius 2 is 1.96 bits per heavy atom. The first-order valence-electron chi connectivity index (χ1n) is 8.14. The lowest BCUT2D eigenvalue weighted by atomic mass is 10.0. The molecule has 1 heterocycles. The van der Waals surface area contributed by atoms with Gasteiger partial charge in [0.25, 0.3) is 5.69 Å². The van der Waals surface area contributed by atoms with Gasteiger partial charge >= 0.3 is 18.0 Å². The summed E-state index contributed by atoms with van der Waals surface area (Å²) in [6, 6.07) is 2.77. The summed E-state index contributed by atoms with van der Waals surface area (Å²) in [4.78, 5) is 46.4. The van der Waals surface area contributed by atoms with E-state index >= 15 is 0 Å². The van der Waals surface area contributed by atoms with E-state index < -0.39 is 35.5 Å². The molecule has 0 bridgehead atoms. The average Bonchev–Trinajstić information content (AvgIpc) is 2.59. The topological polar surface area (TPSA) is 137 Å². The fourth-order valence-electron chi connectivity index (χ4n) is 2.55. The van der Waals surface area contributed by atoms with Crippen LogP contribution < -0.4 is 10.6 Å².